The van der Waals surface area contributed by atoms with Crippen LogP contribution in [0.5, 0.6) is 0 Å². The van der Waals surface area contributed by atoms with Gasteiger partial charge in [0, 0.05) is 18.0 Å². The maximum Gasteiger partial charge on any atom is 0.159 e. The van der Waals surface area contributed by atoms with Gasteiger partial charge in [0.15, 0.2) is 5.82 Å². The average Bonchev–Trinajstić information content (AvgIpc) is 2.67. The molecule has 0 atom stereocenters. The number of hydrogen-bond acceptors (Lipinski definition) is 3. The Kier molecular flexibility index (Phi) is 5.81. The van der Waals surface area contributed by atoms with Crippen LogP contribution in [0.1, 0.15) is 62.1 Å². The van der Waals surface area contributed by atoms with Crippen molar-refractivity contribution in [3.63, 3.8) is 0 Å². The van der Waals surface area contributed by atoms with Crippen LogP contribution < -0.4 is 0 Å². The highest BCUT2D eigenvalue weighted by molar-refractivity contribution is 5.58. The molecule has 0 N–H and O–H groups in total. The van der Waals surface area contributed by atoms with Crippen LogP contribution in [0.15, 0.2) is 30.6 Å². The first-order valence-electron chi connectivity index (χ1n) is 9.51. The lowest BCUT2D eigenvalue weighted by Gasteiger charge is -2.27. The second-order valence-corrected chi connectivity index (χ2v) is 7.39. The maximum absolute atomic E-state index is 9.03. The normalized spacial score (nSPS) is 20.2. The molecule has 3 heteroatoms. The molecule has 1 aliphatic carbocycles. The number of nitrogens with zero attached hydrogens (tertiary/aromatic N) is 3. The third kappa shape index (κ3) is 4.45. The summed E-state index contributed by atoms with van der Waals surface area (Å²) in [5.74, 6) is 2.58. The van der Waals surface area contributed by atoms with Gasteiger partial charge in [-0.3, -0.25) is 0 Å². The standard InChI is InChI=1S/C22H27N3/c1-3-17-4-6-18(7-5-17)8-9-19-14-24-22(25-15-19)20-10-11-21(13-23)16(2)12-20/h10-12,14-15,17-18H,3-9H2,1-2H3/t17-,18-. The van der Waals surface area contributed by atoms with Crippen molar-refractivity contribution in [2.24, 2.45) is 11.8 Å². The smallest absolute Gasteiger partial charge is 0.159 e. The van der Waals surface area contributed by atoms with Crippen LogP contribution in [0.4, 0.5) is 0 Å². The van der Waals surface area contributed by atoms with Crippen LogP contribution in [0, 0.1) is 30.1 Å². The van der Waals surface area contributed by atoms with Gasteiger partial charge in [0.25, 0.3) is 0 Å². The van der Waals surface area contributed by atoms with E-state index in [1.54, 1.807) is 0 Å². The number of aromatic nitrogens is 2. The van der Waals surface area contributed by atoms with Gasteiger partial charge in [-0.15, -0.1) is 0 Å². The summed E-state index contributed by atoms with van der Waals surface area (Å²) in [7, 11) is 0. The number of nitriles is 1. The second-order valence-electron chi connectivity index (χ2n) is 7.39. The van der Waals surface area contributed by atoms with Gasteiger partial charge in [0.05, 0.1) is 11.6 Å². The van der Waals surface area contributed by atoms with Crippen LogP contribution in [0.25, 0.3) is 11.4 Å². The summed E-state index contributed by atoms with van der Waals surface area (Å²) < 4.78 is 0. The van der Waals surface area contributed by atoms with Gasteiger partial charge in [-0.1, -0.05) is 39.0 Å². The predicted octanol–water partition coefficient (Wildman–Crippen LogP) is 5.47. The molecule has 2 aromatic rings. The minimum Gasteiger partial charge on any atom is -0.236 e. The third-order valence-electron chi connectivity index (χ3n) is 5.70. The Hall–Kier alpha value is -2.21. The molecule has 1 aromatic heterocycles. The van der Waals surface area contributed by atoms with E-state index < -0.39 is 0 Å². The minimum absolute atomic E-state index is 0.707. The van der Waals surface area contributed by atoms with Crippen LogP contribution in [0.2, 0.25) is 0 Å². The van der Waals surface area contributed by atoms with Crippen molar-refractivity contribution < 1.29 is 0 Å². The lowest BCUT2D eigenvalue weighted by molar-refractivity contribution is 0.258. The Bertz CT molecular complexity index is 735. The molecular weight excluding hydrogens is 306 g/mol. The van der Waals surface area contributed by atoms with E-state index in [9.17, 15) is 0 Å². The zero-order valence-electron chi connectivity index (χ0n) is 15.3. The van der Waals surface area contributed by atoms with Gasteiger partial charge >= 0.3 is 0 Å². The molecule has 1 saturated carbocycles. The summed E-state index contributed by atoms with van der Waals surface area (Å²) in [4.78, 5) is 9.08. The van der Waals surface area contributed by atoms with E-state index in [0.29, 0.717) is 5.56 Å². The number of aryl methyl sites for hydroxylation is 2. The largest absolute Gasteiger partial charge is 0.236 e. The second kappa shape index (κ2) is 8.25. The van der Waals surface area contributed by atoms with E-state index in [1.807, 2.05) is 37.5 Å². The molecule has 0 bridgehead atoms. The quantitative estimate of drug-likeness (QED) is 0.728. The highest BCUT2D eigenvalue weighted by Crippen LogP contribution is 2.33. The number of hydrogen-bond donors (Lipinski definition) is 0. The molecule has 25 heavy (non-hydrogen) atoms. The van der Waals surface area contributed by atoms with Crippen LogP contribution in [0.3, 0.4) is 0 Å². The fourth-order valence-electron chi connectivity index (χ4n) is 3.86. The lowest BCUT2D eigenvalue weighted by atomic mass is 9.79. The van der Waals surface area contributed by atoms with Crippen LogP contribution in [-0.4, -0.2) is 9.97 Å². The summed E-state index contributed by atoms with van der Waals surface area (Å²) in [6, 6.07) is 7.95. The molecule has 1 aromatic carbocycles. The molecule has 1 aliphatic rings. The van der Waals surface area contributed by atoms with Gasteiger partial charge in [-0.25, -0.2) is 9.97 Å². The summed E-state index contributed by atoms with van der Waals surface area (Å²) in [5.41, 5.74) is 3.88. The van der Waals surface area contributed by atoms with Gasteiger partial charge < -0.3 is 0 Å². The molecular formula is C22H27N3. The summed E-state index contributed by atoms with van der Waals surface area (Å²) in [6.07, 6.45) is 13.2. The summed E-state index contributed by atoms with van der Waals surface area (Å²) in [5, 5.41) is 9.03. The molecule has 0 unspecified atom stereocenters. The van der Waals surface area contributed by atoms with E-state index in [1.165, 1.54) is 44.1 Å². The highest BCUT2D eigenvalue weighted by Gasteiger charge is 2.19. The Labute approximate surface area is 151 Å². The van der Waals surface area contributed by atoms with E-state index in [0.717, 1.165) is 35.2 Å². The molecule has 1 fully saturated rings. The Morgan fingerprint density at radius 2 is 1.76 bits per heavy atom. The molecule has 3 rings (SSSR count). The lowest BCUT2D eigenvalue weighted by Crippen LogP contribution is -2.14. The fourth-order valence-corrected chi connectivity index (χ4v) is 3.86. The van der Waals surface area contributed by atoms with E-state index in [4.69, 9.17) is 5.26 Å². The van der Waals surface area contributed by atoms with E-state index >= 15 is 0 Å². The van der Waals surface area contributed by atoms with Crippen molar-refractivity contribution in [1.82, 2.24) is 9.97 Å². The third-order valence-corrected chi connectivity index (χ3v) is 5.70. The van der Waals surface area contributed by atoms with Crippen molar-refractivity contribution >= 4 is 0 Å². The van der Waals surface area contributed by atoms with Gasteiger partial charge in [0.1, 0.15) is 0 Å². The highest BCUT2D eigenvalue weighted by atomic mass is 14.9. The maximum atomic E-state index is 9.03. The first kappa shape index (κ1) is 17.6. The molecule has 1 heterocycles. The molecule has 3 nitrogen and oxygen atoms in total. The minimum atomic E-state index is 0.707. The van der Waals surface area contributed by atoms with E-state index in [-0.39, 0.29) is 0 Å². The topological polar surface area (TPSA) is 49.6 Å². The Balaban J connectivity index is 1.57. The SMILES string of the molecule is CC[C@H]1CC[C@H](CCc2cnc(-c3ccc(C#N)c(C)c3)nc2)CC1. The van der Waals surface area contributed by atoms with E-state index in [2.05, 4.69) is 23.0 Å². The van der Waals surface area contributed by atoms with Crippen molar-refractivity contribution in [2.45, 2.75) is 58.8 Å². The molecule has 0 saturated heterocycles. The van der Waals surface area contributed by atoms with Crippen LogP contribution >= 0.6 is 0 Å². The van der Waals surface area contributed by atoms with Crippen molar-refractivity contribution in [2.75, 3.05) is 0 Å². The van der Waals surface area contributed by atoms with Crippen molar-refractivity contribution in [3.8, 4) is 17.5 Å². The molecule has 0 radical (unpaired) electrons. The first-order chi connectivity index (χ1) is 12.2. The summed E-state index contributed by atoms with van der Waals surface area (Å²) in [6.45, 7) is 4.27. The predicted molar refractivity (Wildman–Crippen MR) is 101 cm³/mol. The molecule has 130 valence electrons. The first-order valence-corrected chi connectivity index (χ1v) is 9.51. The average molecular weight is 333 g/mol. The monoisotopic (exact) mass is 333 g/mol. The fraction of sp³-hybridized carbons (Fsp3) is 0.500. The zero-order valence-corrected chi connectivity index (χ0v) is 15.3. The van der Waals surface area contributed by atoms with Gasteiger partial charge in [-0.2, -0.15) is 5.26 Å². The Morgan fingerprint density at radius 3 is 2.36 bits per heavy atom. The summed E-state index contributed by atoms with van der Waals surface area (Å²) >= 11 is 0. The van der Waals surface area contributed by atoms with Crippen LogP contribution in [-0.2, 0) is 6.42 Å². The number of benzene rings is 1. The Morgan fingerprint density at radius 1 is 1.08 bits per heavy atom. The molecule has 0 amide bonds. The molecule has 0 aliphatic heterocycles. The van der Waals surface area contributed by atoms with Gasteiger partial charge in [-0.05, 0) is 60.9 Å². The number of rotatable bonds is 5. The van der Waals surface area contributed by atoms with Crippen molar-refractivity contribution in [3.05, 3.63) is 47.3 Å². The van der Waals surface area contributed by atoms with Crippen molar-refractivity contribution in [1.29, 1.82) is 5.26 Å². The molecule has 0 spiro atoms. The zero-order chi connectivity index (χ0) is 17.6. The van der Waals surface area contributed by atoms with Gasteiger partial charge in [0.2, 0.25) is 0 Å².